The number of hydrogen-bond donors (Lipinski definition) is 2. The van der Waals surface area contributed by atoms with Crippen LogP contribution in [0.4, 0.5) is 0 Å². The van der Waals surface area contributed by atoms with E-state index < -0.39 is 0 Å². The molecule has 0 saturated carbocycles. The van der Waals surface area contributed by atoms with Gasteiger partial charge in [-0.05, 0) is 19.8 Å². The molecule has 0 spiro atoms. The number of rotatable bonds is 6. The van der Waals surface area contributed by atoms with Gasteiger partial charge in [0.1, 0.15) is 0 Å². The number of aliphatic hydroxyl groups excluding tert-OH is 1. The number of nitrogens with two attached hydrogens (primary N) is 1. The molecule has 0 aromatic rings. The molecule has 0 rings (SSSR count). The second kappa shape index (κ2) is 7.03. The normalized spacial score (nSPS) is 13.5. The molecular formula is C8H19NO. The molecule has 0 radical (unpaired) electrons. The van der Waals surface area contributed by atoms with E-state index in [0.717, 1.165) is 19.3 Å². The fraction of sp³-hybridized carbons (Fsp3) is 1.00. The van der Waals surface area contributed by atoms with E-state index in [9.17, 15) is 0 Å². The van der Waals surface area contributed by atoms with Crippen molar-refractivity contribution in [2.75, 3.05) is 6.61 Å². The van der Waals surface area contributed by atoms with E-state index in [-0.39, 0.29) is 0 Å². The summed E-state index contributed by atoms with van der Waals surface area (Å²) in [5.41, 5.74) is 5.56. The van der Waals surface area contributed by atoms with Crippen LogP contribution < -0.4 is 5.73 Å². The Labute approximate surface area is 63.4 Å². The van der Waals surface area contributed by atoms with Gasteiger partial charge in [-0.15, -0.1) is 0 Å². The van der Waals surface area contributed by atoms with Gasteiger partial charge in [0.2, 0.25) is 0 Å². The highest BCUT2D eigenvalue weighted by Gasteiger charge is 1.93. The molecule has 0 heterocycles. The highest BCUT2D eigenvalue weighted by atomic mass is 16.2. The van der Waals surface area contributed by atoms with Crippen LogP contribution in [0.15, 0.2) is 0 Å². The molecule has 0 bridgehead atoms. The summed E-state index contributed by atoms with van der Waals surface area (Å²) in [5.74, 6) is 0. The first kappa shape index (κ1) is 9.92. The maximum absolute atomic E-state index is 8.45. The maximum Gasteiger partial charge on any atom is 0.0431 e. The highest BCUT2D eigenvalue weighted by Crippen LogP contribution is 2.03. The Balaban J connectivity index is 2.77. The van der Waals surface area contributed by atoms with Crippen LogP contribution in [0.3, 0.4) is 0 Å². The van der Waals surface area contributed by atoms with Crippen molar-refractivity contribution in [2.45, 2.75) is 45.1 Å². The lowest BCUT2D eigenvalue weighted by Crippen LogP contribution is -2.13. The third-order valence-electron chi connectivity index (χ3n) is 1.57. The van der Waals surface area contributed by atoms with E-state index in [1.807, 2.05) is 6.92 Å². The van der Waals surface area contributed by atoms with Gasteiger partial charge in [-0.3, -0.25) is 0 Å². The average molecular weight is 145 g/mol. The van der Waals surface area contributed by atoms with Crippen LogP contribution in [0.25, 0.3) is 0 Å². The summed E-state index contributed by atoms with van der Waals surface area (Å²) >= 11 is 0. The Morgan fingerprint density at radius 2 is 1.80 bits per heavy atom. The molecule has 3 N–H and O–H groups in total. The molecule has 0 aliphatic carbocycles. The second-order valence-corrected chi connectivity index (χ2v) is 2.90. The number of hydrogen-bond acceptors (Lipinski definition) is 2. The lowest BCUT2D eigenvalue weighted by molar-refractivity contribution is 0.282. The minimum atomic E-state index is 0.332. The van der Waals surface area contributed by atoms with Gasteiger partial charge in [0.25, 0.3) is 0 Å². The Bertz CT molecular complexity index is 64.3. The lowest BCUT2D eigenvalue weighted by Gasteiger charge is -2.02. The van der Waals surface area contributed by atoms with Crippen molar-refractivity contribution in [1.82, 2.24) is 0 Å². The first-order valence-electron chi connectivity index (χ1n) is 4.14. The summed E-state index contributed by atoms with van der Waals surface area (Å²) in [6, 6.07) is 0.342. The minimum Gasteiger partial charge on any atom is -0.396 e. The zero-order valence-electron chi connectivity index (χ0n) is 6.84. The van der Waals surface area contributed by atoms with Crippen LogP contribution in [0, 0.1) is 0 Å². The van der Waals surface area contributed by atoms with E-state index >= 15 is 0 Å². The number of unbranched alkanes of at least 4 members (excludes halogenated alkanes) is 3. The van der Waals surface area contributed by atoms with Crippen molar-refractivity contribution in [2.24, 2.45) is 5.73 Å². The largest absolute Gasteiger partial charge is 0.396 e. The second-order valence-electron chi connectivity index (χ2n) is 2.90. The molecule has 0 aromatic carbocycles. The first-order chi connectivity index (χ1) is 4.77. The minimum absolute atomic E-state index is 0.332. The third-order valence-corrected chi connectivity index (χ3v) is 1.57. The van der Waals surface area contributed by atoms with Crippen molar-refractivity contribution >= 4 is 0 Å². The van der Waals surface area contributed by atoms with Gasteiger partial charge in [-0.25, -0.2) is 0 Å². The molecule has 0 aromatic heterocycles. The quantitative estimate of drug-likeness (QED) is 0.553. The Morgan fingerprint density at radius 3 is 2.30 bits per heavy atom. The van der Waals surface area contributed by atoms with E-state index in [2.05, 4.69) is 0 Å². The smallest absolute Gasteiger partial charge is 0.0431 e. The first-order valence-corrected chi connectivity index (χ1v) is 4.14. The Morgan fingerprint density at radius 1 is 1.20 bits per heavy atom. The molecule has 10 heavy (non-hydrogen) atoms. The van der Waals surface area contributed by atoms with Crippen molar-refractivity contribution in [1.29, 1.82) is 0 Å². The van der Waals surface area contributed by atoms with Gasteiger partial charge < -0.3 is 10.8 Å². The Kier molecular flexibility index (Phi) is 6.98. The van der Waals surface area contributed by atoms with Gasteiger partial charge in [-0.1, -0.05) is 19.3 Å². The zero-order valence-corrected chi connectivity index (χ0v) is 6.84. The van der Waals surface area contributed by atoms with Crippen LogP contribution in [-0.4, -0.2) is 17.8 Å². The van der Waals surface area contributed by atoms with Crippen LogP contribution >= 0.6 is 0 Å². The third kappa shape index (κ3) is 7.92. The van der Waals surface area contributed by atoms with Gasteiger partial charge in [0.05, 0.1) is 0 Å². The fourth-order valence-electron chi connectivity index (χ4n) is 0.932. The predicted molar refractivity (Wildman–Crippen MR) is 43.8 cm³/mol. The maximum atomic E-state index is 8.45. The van der Waals surface area contributed by atoms with E-state index in [1.165, 1.54) is 12.8 Å². The molecule has 0 aliphatic heterocycles. The molecule has 62 valence electrons. The molecule has 0 unspecified atom stereocenters. The molecule has 1 atom stereocenters. The van der Waals surface area contributed by atoms with Gasteiger partial charge in [0.15, 0.2) is 0 Å². The molecular weight excluding hydrogens is 126 g/mol. The summed E-state index contributed by atoms with van der Waals surface area (Å²) < 4.78 is 0. The van der Waals surface area contributed by atoms with Crippen LogP contribution in [0.2, 0.25) is 0 Å². The predicted octanol–water partition coefficient (Wildman–Crippen LogP) is 1.28. The average Bonchev–Trinajstić information content (AvgIpc) is 1.87. The van der Waals surface area contributed by atoms with Crippen molar-refractivity contribution in [3.05, 3.63) is 0 Å². The fourth-order valence-corrected chi connectivity index (χ4v) is 0.932. The van der Waals surface area contributed by atoms with Crippen LogP contribution in [-0.2, 0) is 0 Å². The summed E-state index contributed by atoms with van der Waals surface area (Å²) in [6.45, 7) is 2.37. The van der Waals surface area contributed by atoms with E-state index in [0.29, 0.717) is 12.6 Å². The highest BCUT2D eigenvalue weighted by molar-refractivity contribution is 4.52. The molecule has 0 aliphatic rings. The Hall–Kier alpha value is -0.0800. The standard InChI is InChI=1S/C8H19NO/c1-8(9)6-4-2-3-5-7-10/h8,10H,2-7,9H2,1H3/t8-/m0/s1. The topological polar surface area (TPSA) is 46.2 Å². The van der Waals surface area contributed by atoms with Crippen LogP contribution in [0.5, 0.6) is 0 Å². The van der Waals surface area contributed by atoms with Crippen molar-refractivity contribution in [3.63, 3.8) is 0 Å². The van der Waals surface area contributed by atoms with E-state index in [1.54, 1.807) is 0 Å². The molecule has 2 heteroatoms. The molecule has 0 saturated heterocycles. The van der Waals surface area contributed by atoms with Crippen molar-refractivity contribution in [3.8, 4) is 0 Å². The SMILES string of the molecule is C[C@H](N)CCCCCCO. The molecule has 0 amide bonds. The zero-order chi connectivity index (χ0) is 7.82. The molecule has 0 fully saturated rings. The summed E-state index contributed by atoms with van der Waals surface area (Å²) in [4.78, 5) is 0. The number of aliphatic hydroxyl groups is 1. The summed E-state index contributed by atoms with van der Waals surface area (Å²) in [7, 11) is 0. The van der Waals surface area contributed by atoms with Gasteiger partial charge in [-0.2, -0.15) is 0 Å². The summed E-state index contributed by atoms with van der Waals surface area (Å²) in [5, 5.41) is 8.45. The van der Waals surface area contributed by atoms with Crippen molar-refractivity contribution < 1.29 is 5.11 Å². The monoisotopic (exact) mass is 145 g/mol. The molecule has 2 nitrogen and oxygen atoms in total. The van der Waals surface area contributed by atoms with Gasteiger partial charge >= 0.3 is 0 Å². The van der Waals surface area contributed by atoms with Crippen LogP contribution in [0.1, 0.15) is 39.0 Å². The van der Waals surface area contributed by atoms with Gasteiger partial charge in [0, 0.05) is 12.6 Å². The lowest BCUT2D eigenvalue weighted by atomic mass is 10.1. The summed E-state index contributed by atoms with van der Waals surface area (Å²) in [6.07, 6.45) is 5.62. The van der Waals surface area contributed by atoms with E-state index in [4.69, 9.17) is 10.8 Å².